The van der Waals surface area contributed by atoms with Crippen LogP contribution in [0.3, 0.4) is 0 Å². The second-order valence-corrected chi connectivity index (χ2v) is 20.5. The first kappa shape index (κ1) is 20.2. The molecule has 0 bridgehead atoms. The van der Waals surface area contributed by atoms with Crippen LogP contribution in [-0.4, -0.2) is 29.7 Å². The standard InChI is InChI=1S/C6H5NO2.2C6H11.C4H9.Sn/c8-6(9)5-1-3-7-4-2-5;2*1-2-4-6-5-3-1;1-3-4-2;/h1-4H,(H,8,9);2*1H,2-6H2;1,3-4H2,2H3;/q;;;;+1/p-1. The molecule has 2 saturated carbocycles. The molecule has 2 fully saturated rings. The Morgan fingerprint density at radius 1 is 1.00 bits per heavy atom. The third-order valence-corrected chi connectivity index (χ3v) is 22.8. The number of unbranched alkanes of at least 4 members (excludes halogenated alkanes) is 1. The fourth-order valence-electron chi connectivity index (χ4n) is 5.31. The van der Waals surface area contributed by atoms with Crippen molar-refractivity contribution < 1.29 is 7.87 Å². The van der Waals surface area contributed by atoms with E-state index >= 15 is 0 Å². The van der Waals surface area contributed by atoms with Crippen LogP contribution in [0.2, 0.25) is 12.3 Å². The maximum atomic E-state index is 13.1. The molecule has 0 unspecified atom stereocenters. The zero-order chi connectivity index (χ0) is 18.2. The van der Waals surface area contributed by atoms with Gasteiger partial charge >= 0.3 is 164 Å². The van der Waals surface area contributed by atoms with Gasteiger partial charge in [0, 0.05) is 0 Å². The molecule has 2 aliphatic rings. The molecule has 3 nitrogen and oxygen atoms in total. The number of hydrogen-bond acceptors (Lipinski definition) is 3. The molecule has 4 heteroatoms. The second kappa shape index (κ2) is 10.1. The summed E-state index contributed by atoms with van der Waals surface area (Å²) >= 11 is -3.09. The Morgan fingerprint density at radius 3 is 2.04 bits per heavy atom. The minimum atomic E-state index is -3.09. The molecule has 0 saturated heterocycles. The van der Waals surface area contributed by atoms with Crippen molar-refractivity contribution in [1.82, 2.24) is 4.98 Å². The normalized spacial score (nSPS) is 20.0. The molecule has 0 aromatic carbocycles. The van der Waals surface area contributed by atoms with E-state index in [1.807, 2.05) is 12.1 Å². The van der Waals surface area contributed by atoms with Gasteiger partial charge in [0.05, 0.1) is 0 Å². The summed E-state index contributed by atoms with van der Waals surface area (Å²) in [6.07, 6.45) is 19.3. The van der Waals surface area contributed by atoms with E-state index in [1.54, 1.807) is 12.4 Å². The van der Waals surface area contributed by atoms with Crippen molar-refractivity contribution in [2.24, 2.45) is 0 Å². The third kappa shape index (κ3) is 4.82. The number of pyridine rings is 1. The van der Waals surface area contributed by atoms with Gasteiger partial charge in [-0.2, -0.15) is 0 Å². The first-order valence-corrected chi connectivity index (χ1v) is 17.4. The number of carbonyl (C=O) groups is 1. The molecule has 0 N–H and O–H groups in total. The fraction of sp³-hybridized carbons (Fsp3) is 0.727. The van der Waals surface area contributed by atoms with E-state index in [0.717, 1.165) is 7.87 Å². The first-order chi connectivity index (χ1) is 12.8. The molecular formula is C22H35NO2Sn. The average Bonchev–Trinajstić information content (AvgIpc) is 2.73. The summed E-state index contributed by atoms with van der Waals surface area (Å²) < 4.78 is 9.49. The Labute approximate surface area is 163 Å². The molecule has 2 aliphatic carbocycles. The van der Waals surface area contributed by atoms with Gasteiger partial charge < -0.3 is 0 Å². The Bertz CT molecular complexity index is 533. The summed E-state index contributed by atoms with van der Waals surface area (Å²) in [6.45, 7) is 2.28. The summed E-state index contributed by atoms with van der Waals surface area (Å²) in [4.78, 5) is 17.2. The molecule has 0 amide bonds. The van der Waals surface area contributed by atoms with Crippen LogP contribution in [0.5, 0.6) is 0 Å². The van der Waals surface area contributed by atoms with E-state index < -0.39 is 18.8 Å². The van der Waals surface area contributed by atoms with Crippen molar-refractivity contribution in [3.8, 4) is 0 Å². The fourth-order valence-corrected chi connectivity index (χ4v) is 22.6. The zero-order valence-electron chi connectivity index (χ0n) is 16.4. The molecule has 3 rings (SSSR count). The molecule has 1 heterocycles. The van der Waals surface area contributed by atoms with Crippen molar-refractivity contribution in [3.63, 3.8) is 0 Å². The van der Waals surface area contributed by atoms with Gasteiger partial charge in [0.25, 0.3) is 0 Å². The molecule has 1 aromatic rings. The summed E-state index contributed by atoms with van der Waals surface area (Å²) in [5.41, 5.74) is 0.698. The van der Waals surface area contributed by atoms with Crippen LogP contribution in [0.15, 0.2) is 24.5 Å². The molecule has 0 radical (unpaired) electrons. The zero-order valence-corrected chi connectivity index (χ0v) is 19.3. The monoisotopic (exact) mass is 465 g/mol. The van der Waals surface area contributed by atoms with Crippen LogP contribution in [0.4, 0.5) is 0 Å². The van der Waals surface area contributed by atoms with Crippen molar-refractivity contribution >= 4 is 24.8 Å². The molecular weight excluding hydrogens is 429 g/mol. The summed E-state index contributed by atoms with van der Waals surface area (Å²) in [7, 11) is 0. The van der Waals surface area contributed by atoms with Gasteiger partial charge in [0.2, 0.25) is 0 Å². The van der Waals surface area contributed by atoms with Crippen LogP contribution >= 0.6 is 0 Å². The second-order valence-electron chi connectivity index (χ2n) is 8.35. The number of carbonyl (C=O) groups excluding carboxylic acids is 1. The van der Waals surface area contributed by atoms with Gasteiger partial charge in [-0.1, -0.05) is 0 Å². The summed E-state index contributed by atoms with van der Waals surface area (Å²) in [5, 5.41) is 0. The third-order valence-electron chi connectivity index (χ3n) is 6.71. The van der Waals surface area contributed by atoms with E-state index in [2.05, 4.69) is 11.9 Å². The molecule has 26 heavy (non-hydrogen) atoms. The molecule has 1 aromatic heterocycles. The maximum absolute atomic E-state index is 13.1. The van der Waals surface area contributed by atoms with Crippen molar-refractivity contribution in [3.05, 3.63) is 30.1 Å². The predicted octanol–water partition coefficient (Wildman–Crippen LogP) is 6.65. The van der Waals surface area contributed by atoms with E-state index in [-0.39, 0.29) is 5.97 Å². The molecule has 0 aliphatic heterocycles. The minimum absolute atomic E-state index is 0.0459. The van der Waals surface area contributed by atoms with Crippen molar-refractivity contribution in [1.29, 1.82) is 0 Å². The van der Waals surface area contributed by atoms with Gasteiger partial charge in [-0.3, -0.25) is 0 Å². The average molecular weight is 464 g/mol. The van der Waals surface area contributed by atoms with Gasteiger partial charge in [0.1, 0.15) is 0 Å². The number of hydrogen-bond donors (Lipinski definition) is 0. The summed E-state index contributed by atoms with van der Waals surface area (Å²) in [6, 6.07) is 3.64. The van der Waals surface area contributed by atoms with E-state index in [9.17, 15) is 4.79 Å². The van der Waals surface area contributed by atoms with Gasteiger partial charge in [-0.15, -0.1) is 0 Å². The Morgan fingerprint density at radius 2 is 1.54 bits per heavy atom. The topological polar surface area (TPSA) is 39.2 Å². The molecule has 0 spiro atoms. The van der Waals surface area contributed by atoms with Crippen LogP contribution < -0.4 is 0 Å². The Balaban J connectivity index is 1.89. The van der Waals surface area contributed by atoms with Crippen LogP contribution in [0.25, 0.3) is 0 Å². The van der Waals surface area contributed by atoms with Crippen LogP contribution in [-0.2, 0) is 3.07 Å². The van der Waals surface area contributed by atoms with E-state index in [1.165, 1.54) is 81.5 Å². The Hall–Kier alpha value is -0.581. The van der Waals surface area contributed by atoms with Crippen LogP contribution in [0.1, 0.15) is 94.3 Å². The first-order valence-electron chi connectivity index (χ1n) is 10.9. The number of nitrogens with zero attached hydrogens (tertiary/aromatic N) is 1. The van der Waals surface area contributed by atoms with E-state index in [0.29, 0.717) is 5.56 Å². The Kier molecular flexibility index (Phi) is 7.83. The van der Waals surface area contributed by atoms with Crippen LogP contribution in [0, 0.1) is 0 Å². The van der Waals surface area contributed by atoms with Gasteiger partial charge in [0.15, 0.2) is 0 Å². The van der Waals surface area contributed by atoms with E-state index in [4.69, 9.17) is 3.07 Å². The molecule has 144 valence electrons. The number of aromatic nitrogens is 1. The molecule has 0 atom stereocenters. The summed E-state index contributed by atoms with van der Waals surface area (Å²) in [5.74, 6) is -0.0459. The SMILES string of the molecule is CCC[CH2][Sn]([O]C(=O)c1ccncc1)([CH]1CCCCC1)[CH]1CCCCC1. The predicted molar refractivity (Wildman–Crippen MR) is 109 cm³/mol. The number of rotatable bonds is 7. The quantitative estimate of drug-likeness (QED) is 0.424. The van der Waals surface area contributed by atoms with Gasteiger partial charge in [-0.05, 0) is 0 Å². The van der Waals surface area contributed by atoms with Crippen molar-refractivity contribution in [2.45, 2.75) is 96.3 Å². The van der Waals surface area contributed by atoms with Gasteiger partial charge in [-0.25, -0.2) is 0 Å². The van der Waals surface area contributed by atoms with Crippen molar-refractivity contribution in [2.75, 3.05) is 0 Å².